The molecule has 2 aromatic carbocycles. The molecule has 4 aromatic rings. The van der Waals surface area contributed by atoms with Crippen molar-refractivity contribution in [2.45, 2.75) is 58.3 Å². The number of piperazine rings is 1. The molecule has 1 fully saturated rings. The van der Waals surface area contributed by atoms with Crippen LogP contribution in [0.5, 0.6) is 0 Å². The van der Waals surface area contributed by atoms with Gasteiger partial charge in [0, 0.05) is 60.7 Å². The largest absolute Gasteiger partial charge is 0.337 e. The number of aromatic nitrogens is 3. The Bertz CT molecular complexity index is 1540. The summed E-state index contributed by atoms with van der Waals surface area (Å²) in [5.41, 5.74) is 8.16. The van der Waals surface area contributed by atoms with Crippen molar-refractivity contribution in [2.24, 2.45) is 0 Å². The second kappa shape index (κ2) is 13.3. The highest BCUT2D eigenvalue weighted by Gasteiger charge is 2.36. The van der Waals surface area contributed by atoms with E-state index >= 15 is 0 Å². The number of pyridine rings is 1. The third-order valence-corrected chi connectivity index (χ3v) is 9.53. The van der Waals surface area contributed by atoms with E-state index in [0.29, 0.717) is 19.6 Å². The van der Waals surface area contributed by atoms with Crippen LogP contribution in [0.1, 0.15) is 51.8 Å². The van der Waals surface area contributed by atoms with Gasteiger partial charge in [-0.15, -0.1) is 0 Å². The molecule has 6 rings (SSSR count). The standard InChI is InChI=1S/C34H38BrClN6O/c1-23-24(2)42(22-39-23)15-6-14-41(20-25-7-4-3-5-8-25)34(43)31-21-40(16-13-37-31)33-30-12-11-29(36)18-26(30)9-10-27-17-28(35)19-38-32(27)33/h3-5,7-8,11-12,17-19,22,31,33,37H,6,9-10,13-16,20-21H2,1-2H3/t31-,33?/m1/s1. The van der Waals surface area contributed by atoms with E-state index in [-0.39, 0.29) is 18.0 Å². The Hall–Kier alpha value is -3.04. The molecule has 1 N–H and O–H groups in total. The molecule has 1 saturated heterocycles. The summed E-state index contributed by atoms with van der Waals surface area (Å²) in [6.07, 6.45) is 6.46. The second-order valence-corrected chi connectivity index (χ2v) is 13.0. The summed E-state index contributed by atoms with van der Waals surface area (Å²) in [7, 11) is 0. The van der Waals surface area contributed by atoms with E-state index in [2.05, 4.69) is 73.0 Å². The van der Waals surface area contributed by atoms with Crippen molar-refractivity contribution < 1.29 is 4.79 Å². The number of nitrogens with zero attached hydrogens (tertiary/aromatic N) is 5. The molecule has 2 aliphatic rings. The Kier molecular flexibility index (Phi) is 9.28. The van der Waals surface area contributed by atoms with Crippen LogP contribution in [0.4, 0.5) is 0 Å². The van der Waals surface area contributed by atoms with Gasteiger partial charge in [0.15, 0.2) is 0 Å². The summed E-state index contributed by atoms with van der Waals surface area (Å²) in [5.74, 6) is 0.140. The van der Waals surface area contributed by atoms with Gasteiger partial charge in [-0.25, -0.2) is 4.98 Å². The molecule has 0 spiro atoms. The fraction of sp³-hybridized carbons (Fsp3) is 0.382. The Labute approximate surface area is 267 Å². The fourth-order valence-corrected chi connectivity index (χ4v) is 7.02. The van der Waals surface area contributed by atoms with Gasteiger partial charge >= 0.3 is 0 Å². The first-order valence-corrected chi connectivity index (χ1v) is 16.3. The number of carbonyl (C=O) groups excluding carboxylic acids is 1. The summed E-state index contributed by atoms with van der Waals surface area (Å²) in [4.78, 5) is 28.1. The van der Waals surface area contributed by atoms with Gasteiger partial charge in [-0.1, -0.05) is 48.0 Å². The first-order chi connectivity index (χ1) is 20.9. The van der Waals surface area contributed by atoms with Gasteiger partial charge in [-0.05, 0) is 89.5 Å². The fourth-order valence-electron chi connectivity index (χ4n) is 6.45. The van der Waals surface area contributed by atoms with E-state index in [4.69, 9.17) is 16.6 Å². The zero-order valence-electron chi connectivity index (χ0n) is 24.8. The predicted molar refractivity (Wildman–Crippen MR) is 174 cm³/mol. The normalized spacial score (nSPS) is 18.5. The Morgan fingerprint density at radius 3 is 2.70 bits per heavy atom. The maximum Gasteiger partial charge on any atom is 0.241 e. The van der Waals surface area contributed by atoms with E-state index in [1.54, 1.807) is 0 Å². The number of carbonyl (C=O) groups is 1. The van der Waals surface area contributed by atoms with Gasteiger partial charge in [0.25, 0.3) is 0 Å². The molecule has 1 unspecified atom stereocenters. The molecular formula is C34H38BrClN6O. The molecule has 0 bridgehead atoms. The van der Waals surface area contributed by atoms with Crippen molar-refractivity contribution in [3.8, 4) is 0 Å². The van der Waals surface area contributed by atoms with Crippen LogP contribution < -0.4 is 5.32 Å². The van der Waals surface area contributed by atoms with Crippen LogP contribution in [0.2, 0.25) is 5.02 Å². The predicted octanol–water partition coefficient (Wildman–Crippen LogP) is 5.89. The molecule has 0 radical (unpaired) electrons. The average molecular weight is 662 g/mol. The lowest BCUT2D eigenvalue weighted by atomic mass is 9.95. The number of amides is 1. The lowest BCUT2D eigenvalue weighted by Gasteiger charge is -2.40. The lowest BCUT2D eigenvalue weighted by molar-refractivity contribution is -0.135. The van der Waals surface area contributed by atoms with Crippen LogP contribution in [-0.4, -0.2) is 62.5 Å². The first kappa shape index (κ1) is 30.0. The van der Waals surface area contributed by atoms with Gasteiger partial charge in [0.1, 0.15) is 0 Å². The van der Waals surface area contributed by atoms with Crippen LogP contribution in [0.15, 0.2) is 71.6 Å². The molecule has 2 atom stereocenters. The van der Waals surface area contributed by atoms with Gasteiger partial charge in [-0.2, -0.15) is 0 Å². The summed E-state index contributed by atoms with van der Waals surface area (Å²) in [6.45, 7) is 8.38. The molecule has 224 valence electrons. The molecule has 9 heteroatoms. The van der Waals surface area contributed by atoms with Crippen LogP contribution >= 0.6 is 27.5 Å². The average Bonchev–Trinajstić information content (AvgIpc) is 3.24. The van der Waals surface area contributed by atoms with Gasteiger partial charge in [0.2, 0.25) is 5.91 Å². The third-order valence-electron chi connectivity index (χ3n) is 8.86. The van der Waals surface area contributed by atoms with Crippen molar-refractivity contribution in [3.05, 3.63) is 116 Å². The van der Waals surface area contributed by atoms with Crippen molar-refractivity contribution in [1.82, 2.24) is 29.7 Å². The number of halogens is 2. The van der Waals surface area contributed by atoms with E-state index < -0.39 is 0 Å². The van der Waals surface area contributed by atoms with E-state index in [0.717, 1.165) is 65.3 Å². The number of nitrogens with one attached hydrogen (secondary N) is 1. The highest BCUT2D eigenvalue weighted by atomic mass is 79.9. The number of fused-ring (bicyclic) bond motifs is 2. The molecule has 2 aromatic heterocycles. The van der Waals surface area contributed by atoms with Crippen LogP contribution in [-0.2, 0) is 30.7 Å². The highest BCUT2D eigenvalue weighted by molar-refractivity contribution is 9.10. The third kappa shape index (κ3) is 6.73. The second-order valence-electron chi connectivity index (χ2n) is 11.7. The van der Waals surface area contributed by atoms with E-state index in [1.807, 2.05) is 48.6 Å². The zero-order valence-corrected chi connectivity index (χ0v) is 27.1. The van der Waals surface area contributed by atoms with Crippen molar-refractivity contribution in [1.29, 1.82) is 0 Å². The van der Waals surface area contributed by atoms with Crippen LogP contribution in [0, 0.1) is 13.8 Å². The van der Waals surface area contributed by atoms with Gasteiger partial charge in [0.05, 0.1) is 29.8 Å². The van der Waals surface area contributed by atoms with Crippen LogP contribution in [0.25, 0.3) is 0 Å². The Balaban J connectivity index is 1.25. The number of imidazole rings is 1. The van der Waals surface area contributed by atoms with Gasteiger partial charge < -0.3 is 14.8 Å². The zero-order chi connectivity index (χ0) is 29.9. The van der Waals surface area contributed by atoms with E-state index in [1.165, 1.54) is 22.4 Å². The summed E-state index contributed by atoms with van der Waals surface area (Å²) in [6, 6.07) is 18.4. The highest BCUT2D eigenvalue weighted by Crippen LogP contribution is 2.38. The molecular weight excluding hydrogens is 624 g/mol. The maximum absolute atomic E-state index is 14.3. The quantitative estimate of drug-likeness (QED) is 0.255. The molecule has 43 heavy (non-hydrogen) atoms. The molecule has 0 saturated carbocycles. The number of aryl methyl sites for hydroxylation is 4. The first-order valence-electron chi connectivity index (χ1n) is 15.1. The molecule has 3 heterocycles. The Morgan fingerprint density at radius 1 is 1.09 bits per heavy atom. The number of rotatable bonds is 8. The smallest absolute Gasteiger partial charge is 0.241 e. The number of hydrogen-bond acceptors (Lipinski definition) is 5. The molecule has 7 nitrogen and oxygen atoms in total. The SMILES string of the molecule is Cc1ncn(CCCN(Cc2ccccc2)C(=O)[C@H]2CN(C3c4ccc(Cl)cc4CCc4cc(Br)cnc43)CCN2)c1C. The van der Waals surface area contributed by atoms with Crippen molar-refractivity contribution >= 4 is 33.4 Å². The minimum Gasteiger partial charge on any atom is -0.337 e. The van der Waals surface area contributed by atoms with Crippen LogP contribution in [0.3, 0.4) is 0 Å². The summed E-state index contributed by atoms with van der Waals surface area (Å²) >= 11 is 10.1. The lowest BCUT2D eigenvalue weighted by Crippen LogP contribution is -2.58. The maximum atomic E-state index is 14.3. The van der Waals surface area contributed by atoms with Crippen molar-refractivity contribution in [2.75, 3.05) is 26.2 Å². The van der Waals surface area contributed by atoms with Gasteiger partial charge in [-0.3, -0.25) is 14.7 Å². The number of hydrogen-bond donors (Lipinski definition) is 1. The monoisotopic (exact) mass is 660 g/mol. The molecule has 1 aliphatic heterocycles. The topological polar surface area (TPSA) is 66.3 Å². The van der Waals surface area contributed by atoms with E-state index in [9.17, 15) is 4.79 Å². The Morgan fingerprint density at radius 2 is 1.91 bits per heavy atom. The minimum atomic E-state index is -0.312. The molecule has 1 amide bonds. The van der Waals surface area contributed by atoms with Crippen molar-refractivity contribution in [3.63, 3.8) is 0 Å². The molecule has 1 aliphatic carbocycles. The minimum absolute atomic E-state index is 0.0368. The number of benzene rings is 2. The summed E-state index contributed by atoms with van der Waals surface area (Å²) < 4.78 is 3.17. The summed E-state index contributed by atoms with van der Waals surface area (Å²) in [5, 5.41) is 4.31.